The molecule has 0 spiro atoms. The maximum Gasteiger partial charge on any atom is 0.306 e. The second-order valence-corrected chi connectivity index (χ2v) is 7.31. The Bertz CT molecular complexity index is 1460. The van der Waals surface area contributed by atoms with Gasteiger partial charge < -0.3 is 14.6 Å². The summed E-state index contributed by atoms with van der Waals surface area (Å²) in [6, 6.07) is 10.0. The van der Waals surface area contributed by atoms with Crippen molar-refractivity contribution in [3.05, 3.63) is 69.8 Å². The zero-order chi connectivity index (χ0) is 22.4. The van der Waals surface area contributed by atoms with Crippen LogP contribution >= 0.6 is 0 Å². The molecule has 0 atom stereocenters. The van der Waals surface area contributed by atoms with Crippen molar-refractivity contribution in [2.45, 2.75) is 20.9 Å². The number of nitrogens with zero attached hydrogens (tertiary/aromatic N) is 5. The van der Waals surface area contributed by atoms with E-state index in [1.54, 1.807) is 6.92 Å². The zero-order valence-corrected chi connectivity index (χ0v) is 16.8. The summed E-state index contributed by atoms with van der Waals surface area (Å²) in [5.74, 6) is -0.0258. The summed E-state index contributed by atoms with van der Waals surface area (Å²) in [6.07, 6.45) is 3.32. The lowest BCUT2D eigenvalue weighted by molar-refractivity contribution is -0.387. The number of nitro benzene ring substituents is 1. The quantitative estimate of drug-likeness (QED) is 0.342. The number of aryl methyl sites for hydroxylation is 1. The van der Waals surface area contributed by atoms with Crippen molar-refractivity contribution >= 4 is 28.2 Å². The van der Waals surface area contributed by atoms with Crippen molar-refractivity contribution in [3.8, 4) is 23.1 Å². The number of hydrogen-bond donors (Lipinski definition) is 1. The van der Waals surface area contributed by atoms with E-state index >= 15 is 0 Å². The first-order valence-electron chi connectivity index (χ1n) is 9.70. The molecule has 0 amide bonds. The summed E-state index contributed by atoms with van der Waals surface area (Å²) in [5, 5.41) is 24.5. The van der Waals surface area contributed by atoms with E-state index in [1.165, 1.54) is 6.20 Å². The van der Waals surface area contributed by atoms with Crippen LogP contribution in [0.5, 0.6) is 5.75 Å². The van der Waals surface area contributed by atoms with Crippen molar-refractivity contribution in [2.75, 3.05) is 11.9 Å². The molecule has 9 nitrogen and oxygen atoms in total. The number of halogens is 1. The highest BCUT2D eigenvalue weighted by Gasteiger charge is 2.22. The average Bonchev–Trinajstić information content (AvgIpc) is 3.16. The molecule has 33 heavy (non-hydrogen) atoms. The van der Waals surface area contributed by atoms with Gasteiger partial charge in [-0.15, -0.1) is 0 Å². The van der Waals surface area contributed by atoms with Crippen LogP contribution in [0.2, 0.25) is 0 Å². The number of ether oxygens (including phenoxy) is 1. The predicted octanol–water partition coefficient (Wildman–Crippen LogP) is 5.10. The fourth-order valence-corrected chi connectivity index (χ4v) is 3.85. The van der Waals surface area contributed by atoms with Crippen LogP contribution < -0.4 is 10.1 Å². The van der Waals surface area contributed by atoms with Crippen LogP contribution in [-0.4, -0.2) is 26.1 Å². The number of nitriles is 1. The number of nitro groups is 1. The van der Waals surface area contributed by atoms with Gasteiger partial charge in [-0.3, -0.25) is 10.1 Å². The van der Waals surface area contributed by atoms with Gasteiger partial charge in [0.1, 0.15) is 18.4 Å². The van der Waals surface area contributed by atoms with Gasteiger partial charge in [-0.25, -0.2) is 9.97 Å². The number of para-hydroxylation sites is 1. The third-order valence-electron chi connectivity index (χ3n) is 5.35. The van der Waals surface area contributed by atoms with E-state index in [4.69, 9.17) is 4.74 Å². The molecule has 1 aliphatic heterocycles. The van der Waals surface area contributed by atoms with Crippen LogP contribution in [0.1, 0.15) is 18.6 Å². The molecule has 1 N–H and O–H groups in total. The van der Waals surface area contributed by atoms with Gasteiger partial charge in [0.2, 0.25) is 11.8 Å². The van der Waals surface area contributed by atoms with Crippen molar-refractivity contribution in [3.63, 3.8) is 0 Å². The molecule has 1 aliphatic rings. The molecule has 166 valence electrons. The lowest BCUT2D eigenvalue weighted by atomic mass is 10.1. The Balaban J connectivity index is 0.00000259. The SMILES string of the molecule is C.Cc1cc(F)c([N+](=O)[O-])cc1Nc1ncc(C#N)c(-c2cn3c4c(cccc24)OCC3)n1. The number of benzene rings is 2. The van der Waals surface area contributed by atoms with Gasteiger partial charge in [0.05, 0.1) is 40.1 Å². The maximum absolute atomic E-state index is 13.9. The summed E-state index contributed by atoms with van der Waals surface area (Å²) < 4.78 is 21.7. The molecule has 0 aliphatic carbocycles. The lowest BCUT2D eigenvalue weighted by Gasteiger charge is -2.16. The summed E-state index contributed by atoms with van der Waals surface area (Å²) in [5.41, 5.74) is 2.47. The fraction of sp³-hybridized carbons (Fsp3) is 0.174. The standard InChI is InChI=1S/C22H15FN6O3.CH4/c1-12-7-16(23)18(29(30)31)8-17(12)26-22-25-10-13(9-24)20(27-22)15-11-28-5-6-32-19-4-2-3-14(15)21(19)28;/h2-4,7-8,10-11H,5-6H2,1H3,(H,25,26,27);1H4. The highest BCUT2D eigenvalue weighted by Crippen LogP contribution is 2.38. The summed E-state index contributed by atoms with van der Waals surface area (Å²) in [4.78, 5) is 19.0. The monoisotopic (exact) mass is 446 g/mol. The van der Waals surface area contributed by atoms with Gasteiger partial charge in [-0.1, -0.05) is 19.6 Å². The molecule has 0 bridgehead atoms. The van der Waals surface area contributed by atoms with Gasteiger partial charge in [0.25, 0.3) is 0 Å². The number of aromatic nitrogens is 3. The lowest BCUT2D eigenvalue weighted by Crippen LogP contribution is -2.12. The Labute approximate surface area is 188 Å². The second kappa shape index (κ2) is 8.20. The zero-order valence-electron chi connectivity index (χ0n) is 16.8. The average molecular weight is 446 g/mol. The van der Waals surface area contributed by atoms with Crippen molar-refractivity contribution in [1.82, 2.24) is 14.5 Å². The molecular formula is C23H19FN6O3. The van der Waals surface area contributed by atoms with Gasteiger partial charge in [0.15, 0.2) is 0 Å². The van der Waals surface area contributed by atoms with Crippen LogP contribution in [-0.2, 0) is 6.54 Å². The third-order valence-corrected chi connectivity index (χ3v) is 5.35. The van der Waals surface area contributed by atoms with Crippen LogP contribution in [0.4, 0.5) is 21.7 Å². The largest absolute Gasteiger partial charge is 0.490 e. The first kappa shape index (κ1) is 21.7. The van der Waals surface area contributed by atoms with Crippen molar-refractivity contribution < 1.29 is 14.1 Å². The number of nitrogens with one attached hydrogen (secondary N) is 1. The van der Waals surface area contributed by atoms with E-state index in [0.717, 1.165) is 34.3 Å². The van der Waals surface area contributed by atoms with E-state index in [2.05, 4.69) is 25.9 Å². The Morgan fingerprint density at radius 2 is 2.18 bits per heavy atom. The fourth-order valence-electron chi connectivity index (χ4n) is 3.85. The minimum absolute atomic E-state index is 0. The highest BCUT2D eigenvalue weighted by atomic mass is 19.1. The predicted molar refractivity (Wildman–Crippen MR) is 121 cm³/mol. The number of hydrogen-bond acceptors (Lipinski definition) is 7. The smallest absolute Gasteiger partial charge is 0.306 e. The van der Waals surface area contributed by atoms with Gasteiger partial charge in [0, 0.05) is 23.2 Å². The first-order chi connectivity index (χ1) is 15.5. The molecule has 4 aromatic rings. The second-order valence-electron chi connectivity index (χ2n) is 7.31. The molecule has 0 saturated heterocycles. The molecule has 0 fully saturated rings. The molecule has 10 heteroatoms. The van der Waals surface area contributed by atoms with E-state index in [-0.39, 0.29) is 18.9 Å². The Morgan fingerprint density at radius 1 is 1.36 bits per heavy atom. The normalized spacial score (nSPS) is 11.9. The maximum atomic E-state index is 13.9. The topological polar surface area (TPSA) is 119 Å². The van der Waals surface area contributed by atoms with E-state index in [0.29, 0.717) is 30.1 Å². The molecule has 3 heterocycles. The van der Waals surface area contributed by atoms with Crippen LogP contribution in [0, 0.1) is 34.2 Å². The summed E-state index contributed by atoms with van der Waals surface area (Å²) in [7, 11) is 0. The van der Waals surface area contributed by atoms with E-state index in [1.807, 2.05) is 24.4 Å². The van der Waals surface area contributed by atoms with Crippen molar-refractivity contribution in [1.29, 1.82) is 5.26 Å². The molecule has 0 radical (unpaired) electrons. The van der Waals surface area contributed by atoms with Crippen molar-refractivity contribution in [2.24, 2.45) is 0 Å². The van der Waals surface area contributed by atoms with Crippen LogP contribution in [0.15, 0.2) is 42.7 Å². The molecule has 0 saturated carbocycles. The first-order valence-corrected chi connectivity index (χ1v) is 9.70. The summed E-state index contributed by atoms with van der Waals surface area (Å²) >= 11 is 0. The van der Waals surface area contributed by atoms with Crippen LogP contribution in [0.25, 0.3) is 22.2 Å². The molecule has 5 rings (SSSR count). The van der Waals surface area contributed by atoms with Crippen LogP contribution in [0.3, 0.4) is 0 Å². The highest BCUT2D eigenvalue weighted by molar-refractivity contribution is 5.99. The van der Waals surface area contributed by atoms with Gasteiger partial charge >= 0.3 is 5.69 Å². The molecular weight excluding hydrogens is 427 g/mol. The Morgan fingerprint density at radius 3 is 2.94 bits per heavy atom. The number of rotatable bonds is 4. The third kappa shape index (κ3) is 3.59. The van der Waals surface area contributed by atoms with E-state index < -0.39 is 16.4 Å². The molecule has 2 aromatic heterocycles. The molecule has 0 unspecified atom stereocenters. The minimum atomic E-state index is -0.921. The summed E-state index contributed by atoms with van der Waals surface area (Å²) in [6.45, 7) is 2.83. The van der Waals surface area contributed by atoms with Gasteiger partial charge in [-0.2, -0.15) is 9.65 Å². The molecule has 2 aromatic carbocycles. The van der Waals surface area contributed by atoms with Gasteiger partial charge in [-0.05, 0) is 24.6 Å². The Hall–Kier alpha value is -4.52. The minimum Gasteiger partial charge on any atom is -0.490 e. The Kier molecular flexibility index (Phi) is 5.39. The van der Waals surface area contributed by atoms with E-state index in [9.17, 15) is 19.8 Å². The number of anilines is 2.